The van der Waals surface area contributed by atoms with Gasteiger partial charge in [-0.05, 0) is 30.4 Å². The summed E-state index contributed by atoms with van der Waals surface area (Å²) in [7, 11) is 0. The molecule has 0 amide bonds. The van der Waals surface area contributed by atoms with E-state index in [0.717, 1.165) is 31.6 Å². The summed E-state index contributed by atoms with van der Waals surface area (Å²) in [6.45, 7) is 1.56. The molecule has 76 valence electrons. The first-order valence-corrected chi connectivity index (χ1v) is 5.29. The number of hydrogen-bond donors (Lipinski definition) is 0. The van der Waals surface area contributed by atoms with Crippen molar-refractivity contribution in [2.45, 2.75) is 18.8 Å². The van der Waals surface area contributed by atoms with Gasteiger partial charge in [0.15, 0.2) is 10.3 Å². The number of hydrogen-bond acceptors (Lipinski definition) is 3. The van der Waals surface area contributed by atoms with E-state index >= 15 is 0 Å². The molecule has 1 aromatic rings. The Labute approximate surface area is 92.4 Å². The van der Waals surface area contributed by atoms with E-state index in [-0.39, 0.29) is 0 Å². The lowest BCUT2D eigenvalue weighted by atomic mass is 9.93. The SMILES string of the molecule is Clc1cc(C2CCOCC2)c(Cl)nn1. The summed E-state index contributed by atoms with van der Waals surface area (Å²) in [6.07, 6.45) is 1.95. The van der Waals surface area contributed by atoms with Crippen molar-refractivity contribution in [2.75, 3.05) is 13.2 Å². The van der Waals surface area contributed by atoms with E-state index in [0.29, 0.717) is 16.2 Å². The van der Waals surface area contributed by atoms with Crippen LogP contribution in [0.5, 0.6) is 0 Å². The zero-order chi connectivity index (χ0) is 9.97. The van der Waals surface area contributed by atoms with Crippen molar-refractivity contribution in [1.82, 2.24) is 10.2 Å². The van der Waals surface area contributed by atoms with Gasteiger partial charge in [0.2, 0.25) is 0 Å². The number of ether oxygens (including phenoxy) is 1. The lowest BCUT2D eigenvalue weighted by molar-refractivity contribution is 0.0852. The molecule has 0 saturated carbocycles. The maximum atomic E-state index is 5.96. The Balaban J connectivity index is 2.24. The molecule has 0 N–H and O–H groups in total. The molecule has 1 saturated heterocycles. The molecule has 1 aliphatic heterocycles. The molecular weight excluding hydrogens is 223 g/mol. The average Bonchev–Trinajstić information content (AvgIpc) is 2.23. The summed E-state index contributed by atoms with van der Waals surface area (Å²) in [6, 6.07) is 1.80. The fourth-order valence-corrected chi connectivity index (χ4v) is 2.06. The van der Waals surface area contributed by atoms with Crippen LogP contribution in [0.4, 0.5) is 0 Å². The van der Waals surface area contributed by atoms with Gasteiger partial charge in [-0.3, -0.25) is 0 Å². The maximum absolute atomic E-state index is 5.96. The molecule has 1 fully saturated rings. The third kappa shape index (κ3) is 2.16. The highest BCUT2D eigenvalue weighted by molar-refractivity contribution is 6.31. The van der Waals surface area contributed by atoms with Gasteiger partial charge in [-0.2, -0.15) is 0 Å². The minimum Gasteiger partial charge on any atom is -0.381 e. The predicted molar refractivity (Wildman–Crippen MR) is 54.8 cm³/mol. The van der Waals surface area contributed by atoms with Gasteiger partial charge in [0.25, 0.3) is 0 Å². The van der Waals surface area contributed by atoms with Crippen molar-refractivity contribution in [2.24, 2.45) is 0 Å². The van der Waals surface area contributed by atoms with Gasteiger partial charge >= 0.3 is 0 Å². The monoisotopic (exact) mass is 232 g/mol. The van der Waals surface area contributed by atoms with Crippen molar-refractivity contribution in [3.63, 3.8) is 0 Å². The minimum absolute atomic E-state index is 0.399. The smallest absolute Gasteiger partial charge is 0.155 e. The lowest BCUT2D eigenvalue weighted by Crippen LogP contribution is -2.14. The second kappa shape index (κ2) is 4.43. The van der Waals surface area contributed by atoms with Crippen LogP contribution >= 0.6 is 23.2 Å². The van der Waals surface area contributed by atoms with Crippen LogP contribution < -0.4 is 0 Å². The third-order valence-corrected chi connectivity index (χ3v) is 2.89. The highest BCUT2D eigenvalue weighted by atomic mass is 35.5. The highest BCUT2D eigenvalue weighted by Crippen LogP contribution is 2.31. The fourth-order valence-electron chi connectivity index (χ4n) is 1.66. The van der Waals surface area contributed by atoms with Crippen LogP contribution in [0.25, 0.3) is 0 Å². The largest absolute Gasteiger partial charge is 0.381 e. The standard InChI is InChI=1S/C9H10Cl2N2O/c10-8-5-7(9(11)13-12-8)6-1-3-14-4-2-6/h5-6H,1-4H2. The molecule has 1 aromatic heterocycles. The van der Waals surface area contributed by atoms with Crippen molar-refractivity contribution < 1.29 is 4.74 Å². The number of aromatic nitrogens is 2. The Morgan fingerprint density at radius 2 is 1.93 bits per heavy atom. The third-order valence-electron chi connectivity index (χ3n) is 2.41. The molecule has 2 rings (SSSR count). The molecule has 1 aliphatic rings. The second-order valence-corrected chi connectivity index (χ2v) is 4.05. The number of halogens is 2. The minimum atomic E-state index is 0.399. The van der Waals surface area contributed by atoms with Crippen LogP contribution in [0.15, 0.2) is 6.07 Å². The molecule has 0 atom stereocenters. The summed E-state index contributed by atoms with van der Waals surface area (Å²) >= 11 is 11.7. The zero-order valence-electron chi connectivity index (χ0n) is 7.54. The van der Waals surface area contributed by atoms with Crippen LogP contribution in [0, 0.1) is 0 Å². The summed E-state index contributed by atoms with van der Waals surface area (Å²) in [5, 5.41) is 8.34. The van der Waals surface area contributed by atoms with Crippen LogP contribution in [-0.2, 0) is 4.74 Å². The van der Waals surface area contributed by atoms with Gasteiger partial charge in [0.1, 0.15) is 0 Å². The summed E-state index contributed by atoms with van der Waals surface area (Å²) in [4.78, 5) is 0. The Hall–Kier alpha value is -0.380. The van der Waals surface area contributed by atoms with E-state index in [1.54, 1.807) is 6.07 Å². The van der Waals surface area contributed by atoms with Gasteiger partial charge in [-0.15, -0.1) is 10.2 Å². The topological polar surface area (TPSA) is 35.0 Å². The summed E-state index contributed by atoms with van der Waals surface area (Å²) in [5.41, 5.74) is 0.995. The summed E-state index contributed by atoms with van der Waals surface area (Å²) < 4.78 is 5.28. The van der Waals surface area contributed by atoms with Crippen LogP contribution in [0.2, 0.25) is 10.3 Å². The molecule has 0 spiro atoms. The van der Waals surface area contributed by atoms with Gasteiger partial charge in [0, 0.05) is 13.2 Å². The molecule has 0 radical (unpaired) electrons. The summed E-state index contributed by atoms with van der Waals surface area (Å²) in [5.74, 6) is 0.407. The van der Waals surface area contributed by atoms with Gasteiger partial charge < -0.3 is 4.74 Å². The first-order chi connectivity index (χ1) is 6.77. The second-order valence-electron chi connectivity index (χ2n) is 3.30. The van der Waals surface area contributed by atoms with Crippen molar-refractivity contribution in [1.29, 1.82) is 0 Å². The van der Waals surface area contributed by atoms with Gasteiger partial charge in [0.05, 0.1) is 0 Å². The lowest BCUT2D eigenvalue weighted by Gasteiger charge is -2.22. The van der Waals surface area contributed by atoms with Crippen molar-refractivity contribution >= 4 is 23.2 Å². The molecule has 0 unspecified atom stereocenters. The molecule has 0 aliphatic carbocycles. The van der Waals surface area contributed by atoms with Crippen molar-refractivity contribution in [3.8, 4) is 0 Å². The van der Waals surface area contributed by atoms with E-state index in [1.807, 2.05) is 0 Å². The molecular formula is C9H10Cl2N2O. The Kier molecular flexibility index (Phi) is 3.21. The van der Waals surface area contributed by atoms with Crippen LogP contribution in [0.3, 0.4) is 0 Å². The zero-order valence-corrected chi connectivity index (χ0v) is 9.05. The average molecular weight is 233 g/mol. The Bertz CT molecular complexity index is 327. The normalized spacial score (nSPS) is 18.4. The van der Waals surface area contributed by atoms with E-state index in [4.69, 9.17) is 27.9 Å². The molecule has 5 heteroatoms. The fraction of sp³-hybridized carbons (Fsp3) is 0.556. The molecule has 3 nitrogen and oxygen atoms in total. The maximum Gasteiger partial charge on any atom is 0.155 e. The quantitative estimate of drug-likeness (QED) is 0.747. The van der Waals surface area contributed by atoms with Crippen LogP contribution in [-0.4, -0.2) is 23.4 Å². The molecule has 14 heavy (non-hydrogen) atoms. The highest BCUT2D eigenvalue weighted by Gasteiger charge is 2.19. The van der Waals surface area contributed by atoms with Crippen LogP contribution in [0.1, 0.15) is 24.3 Å². The van der Waals surface area contributed by atoms with E-state index in [1.165, 1.54) is 0 Å². The van der Waals surface area contributed by atoms with Gasteiger partial charge in [-0.1, -0.05) is 23.2 Å². The van der Waals surface area contributed by atoms with Crippen molar-refractivity contribution in [3.05, 3.63) is 21.9 Å². The van der Waals surface area contributed by atoms with E-state index in [2.05, 4.69) is 10.2 Å². The first-order valence-electron chi connectivity index (χ1n) is 4.54. The van der Waals surface area contributed by atoms with E-state index in [9.17, 15) is 0 Å². The van der Waals surface area contributed by atoms with Gasteiger partial charge in [-0.25, -0.2) is 0 Å². The van der Waals surface area contributed by atoms with E-state index < -0.39 is 0 Å². The molecule has 0 bridgehead atoms. The first kappa shape index (κ1) is 10.1. The predicted octanol–water partition coefficient (Wildman–Crippen LogP) is 2.68. The number of rotatable bonds is 1. The molecule has 0 aromatic carbocycles. The Morgan fingerprint density at radius 3 is 2.64 bits per heavy atom. The molecule has 2 heterocycles. The Morgan fingerprint density at radius 1 is 1.21 bits per heavy atom. The number of nitrogens with zero attached hydrogens (tertiary/aromatic N) is 2.